The van der Waals surface area contributed by atoms with Crippen LogP contribution in [0.2, 0.25) is 0 Å². The molecule has 1 atom stereocenters. The molecule has 0 saturated heterocycles. The lowest BCUT2D eigenvalue weighted by Gasteiger charge is -2.12. The molecule has 0 bridgehead atoms. The average molecular weight is 298 g/mol. The SMILES string of the molecule is CCOC(=O)C(C)c1ccc(OCc2ccc(C)cc2)cc1. The number of hydrogen-bond donors (Lipinski definition) is 0. The van der Waals surface area contributed by atoms with Crippen molar-refractivity contribution in [1.82, 2.24) is 0 Å². The van der Waals surface area contributed by atoms with E-state index in [4.69, 9.17) is 9.47 Å². The van der Waals surface area contributed by atoms with Gasteiger partial charge in [-0.2, -0.15) is 0 Å². The van der Waals surface area contributed by atoms with E-state index >= 15 is 0 Å². The van der Waals surface area contributed by atoms with Crippen LogP contribution in [-0.2, 0) is 16.1 Å². The van der Waals surface area contributed by atoms with E-state index in [0.29, 0.717) is 13.2 Å². The van der Waals surface area contributed by atoms with Gasteiger partial charge in [0.15, 0.2) is 0 Å². The second kappa shape index (κ2) is 7.64. The Morgan fingerprint density at radius 3 is 2.27 bits per heavy atom. The lowest BCUT2D eigenvalue weighted by atomic mass is 10.0. The minimum Gasteiger partial charge on any atom is -0.489 e. The van der Waals surface area contributed by atoms with E-state index in [1.165, 1.54) is 5.56 Å². The molecule has 0 aliphatic rings. The van der Waals surface area contributed by atoms with E-state index in [9.17, 15) is 4.79 Å². The molecule has 0 aliphatic heterocycles. The highest BCUT2D eigenvalue weighted by Crippen LogP contribution is 2.21. The minimum absolute atomic E-state index is 0.198. The molecule has 2 rings (SSSR count). The standard InChI is InChI=1S/C19H22O3/c1-4-21-19(20)15(3)17-9-11-18(12-10-17)22-13-16-7-5-14(2)6-8-16/h5-12,15H,4,13H2,1-3H3. The molecule has 0 spiro atoms. The lowest BCUT2D eigenvalue weighted by Crippen LogP contribution is -2.12. The molecular weight excluding hydrogens is 276 g/mol. The molecule has 0 aromatic heterocycles. The first-order valence-corrected chi connectivity index (χ1v) is 7.55. The van der Waals surface area contributed by atoms with Gasteiger partial charge in [0.25, 0.3) is 0 Å². The van der Waals surface area contributed by atoms with Gasteiger partial charge in [0.05, 0.1) is 12.5 Å². The van der Waals surface area contributed by atoms with Gasteiger partial charge in [-0.1, -0.05) is 42.0 Å². The first-order chi connectivity index (χ1) is 10.6. The molecule has 0 heterocycles. The maximum absolute atomic E-state index is 11.7. The molecule has 3 heteroatoms. The summed E-state index contributed by atoms with van der Waals surface area (Å²) >= 11 is 0. The predicted molar refractivity (Wildman–Crippen MR) is 87.0 cm³/mol. The number of carbonyl (C=O) groups excluding carboxylic acids is 1. The van der Waals surface area contributed by atoms with Crippen molar-refractivity contribution in [3.8, 4) is 5.75 Å². The van der Waals surface area contributed by atoms with Gasteiger partial charge in [-0.05, 0) is 44.0 Å². The second-order valence-corrected chi connectivity index (χ2v) is 5.32. The highest BCUT2D eigenvalue weighted by Gasteiger charge is 2.15. The van der Waals surface area contributed by atoms with Crippen molar-refractivity contribution in [2.45, 2.75) is 33.3 Å². The summed E-state index contributed by atoms with van der Waals surface area (Å²) in [6.07, 6.45) is 0. The van der Waals surface area contributed by atoms with Crippen molar-refractivity contribution in [3.63, 3.8) is 0 Å². The van der Waals surface area contributed by atoms with Gasteiger partial charge in [0, 0.05) is 0 Å². The van der Waals surface area contributed by atoms with Crippen LogP contribution in [0.3, 0.4) is 0 Å². The molecule has 3 nitrogen and oxygen atoms in total. The zero-order valence-corrected chi connectivity index (χ0v) is 13.3. The third-order valence-corrected chi connectivity index (χ3v) is 3.55. The summed E-state index contributed by atoms with van der Waals surface area (Å²) < 4.78 is 10.8. The van der Waals surface area contributed by atoms with Gasteiger partial charge in [0.2, 0.25) is 0 Å². The number of aryl methyl sites for hydroxylation is 1. The van der Waals surface area contributed by atoms with E-state index in [0.717, 1.165) is 16.9 Å². The Hall–Kier alpha value is -2.29. The van der Waals surface area contributed by atoms with Crippen molar-refractivity contribution in [1.29, 1.82) is 0 Å². The first kappa shape index (κ1) is 16.1. The molecule has 0 amide bonds. The molecule has 116 valence electrons. The Balaban J connectivity index is 1.94. The van der Waals surface area contributed by atoms with Crippen LogP contribution in [0.25, 0.3) is 0 Å². The van der Waals surface area contributed by atoms with Crippen LogP contribution in [0.1, 0.15) is 36.5 Å². The Bertz CT molecular complexity index is 600. The van der Waals surface area contributed by atoms with E-state index in [-0.39, 0.29) is 11.9 Å². The van der Waals surface area contributed by atoms with E-state index in [1.807, 2.05) is 38.1 Å². The van der Waals surface area contributed by atoms with Crippen LogP contribution in [-0.4, -0.2) is 12.6 Å². The van der Waals surface area contributed by atoms with Gasteiger partial charge in [0.1, 0.15) is 12.4 Å². The topological polar surface area (TPSA) is 35.5 Å². The minimum atomic E-state index is -0.258. The summed E-state index contributed by atoms with van der Waals surface area (Å²) in [5.41, 5.74) is 3.30. The quantitative estimate of drug-likeness (QED) is 0.748. The summed E-state index contributed by atoms with van der Waals surface area (Å²) in [5, 5.41) is 0. The molecular formula is C19H22O3. The van der Waals surface area contributed by atoms with E-state index < -0.39 is 0 Å². The average Bonchev–Trinajstić information content (AvgIpc) is 2.54. The summed E-state index contributed by atoms with van der Waals surface area (Å²) in [7, 11) is 0. The van der Waals surface area contributed by atoms with Crippen LogP contribution in [0.5, 0.6) is 5.75 Å². The first-order valence-electron chi connectivity index (χ1n) is 7.55. The van der Waals surface area contributed by atoms with Gasteiger partial charge in [-0.3, -0.25) is 4.79 Å². The number of esters is 1. The molecule has 1 unspecified atom stereocenters. The van der Waals surface area contributed by atoms with Crippen molar-refractivity contribution in [2.75, 3.05) is 6.61 Å². The normalized spacial score (nSPS) is 11.8. The molecule has 0 aliphatic carbocycles. The Morgan fingerprint density at radius 1 is 1.05 bits per heavy atom. The fourth-order valence-electron chi connectivity index (χ4n) is 2.11. The van der Waals surface area contributed by atoms with Crippen LogP contribution in [0.15, 0.2) is 48.5 Å². The van der Waals surface area contributed by atoms with Gasteiger partial charge >= 0.3 is 5.97 Å². The van der Waals surface area contributed by atoms with Crippen molar-refractivity contribution in [2.24, 2.45) is 0 Å². The zero-order chi connectivity index (χ0) is 15.9. The van der Waals surface area contributed by atoms with Gasteiger partial charge in [-0.15, -0.1) is 0 Å². The fourth-order valence-corrected chi connectivity index (χ4v) is 2.11. The maximum Gasteiger partial charge on any atom is 0.313 e. The molecule has 22 heavy (non-hydrogen) atoms. The number of ether oxygens (including phenoxy) is 2. The summed E-state index contributed by atoms with van der Waals surface area (Å²) in [5.74, 6) is 0.335. The number of rotatable bonds is 6. The van der Waals surface area contributed by atoms with E-state index in [1.54, 1.807) is 0 Å². The zero-order valence-electron chi connectivity index (χ0n) is 13.3. The number of benzene rings is 2. The van der Waals surface area contributed by atoms with Gasteiger partial charge in [-0.25, -0.2) is 0 Å². The third kappa shape index (κ3) is 4.35. The van der Waals surface area contributed by atoms with Gasteiger partial charge < -0.3 is 9.47 Å². The van der Waals surface area contributed by atoms with Crippen molar-refractivity contribution in [3.05, 3.63) is 65.2 Å². The maximum atomic E-state index is 11.7. The van der Waals surface area contributed by atoms with Crippen LogP contribution < -0.4 is 4.74 Å². The fraction of sp³-hybridized carbons (Fsp3) is 0.316. The van der Waals surface area contributed by atoms with Crippen molar-refractivity contribution >= 4 is 5.97 Å². The molecule has 2 aromatic carbocycles. The lowest BCUT2D eigenvalue weighted by molar-refractivity contribution is -0.144. The summed E-state index contributed by atoms with van der Waals surface area (Å²) in [6, 6.07) is 15.9. The molecule has 0 N–H and O–H groups in total. The molecule has 2 aromatic rings. The molecule has 0 saturated carbocycles. The Kier molecular flexibility index (Phi) is 5.59. The van der Waals surface area contributed by atoms with Crippen LogP contribution in [0, 0.1) is 6.92 Å². The monoisotopic (exact) mass is 298 g/mol. The molecule has 0 radical (unpaired) electrons. The summed E-state index contributed by atoms with van der Waals surface area (Å²) in [6.45, 7) is 6.66. The Labute approximate surface area is 131 Å². The van der Waals surface area contributed by atoms with Crippen molar-refractivity contribution < 1.29 is 14.3 Å². The number of hydrogen-bond acceptors (Lipinski definition) is 3. The highest BCUT2D eigenvalue weighted by molar-refractivity contribution is 5.77. The summed E-state index contributed by atoms with van der Waals surface area (Å²) in [4.78, 5) is 11.7. The van der Waals surface area contributed by atoms with Crippen LogP contribution in [0.4, 0.5) is 0 Å². The highest BCUT2D eigenvalue weighted by atomic mass is 16.5. The second-order valence-electron chi connectivity index (χ2n) is 5.32. The molecule has 0 fully saturated rings. The Morgan fingerprint density at radius 2 is 1.68 bits per heavy atom. The number of carbonyl (C=O) groups is 1. The third-order valence-electron chi connectivity index (χ3n) is 3.55. The smallest absolute Gasteiger partial charge is 0.313 e. The predicted octanol–water partition coefficient (Wildman–Crippen LogP) is 4.24. The largest absolute Gasteiger partial charge is 0.489 e. The van der Waals surface area contributed by atoms with Crippen LogP contribution >= 0.6 is 0 Å². The van der Waals surface area contributed by atoms with E-state index in [2.05, 4.69) is 31.2 Å².